The standard InChI is InChI=1S/C23H18N2O6/c26-21(16-6-8-19(9-7-16)25(29)30)14-31-23(28)18-12-22(27)24(13-18)20-10-5-15-3-1-2-4-17(15)11-20/h1-11,18H,12-14H2. The molecule has 8 heteroatoms. The first-order valence-electron chi connectivity index (χ1n) is 9.66. The number of fused-ring (bicyclic) bond motifs is 1. The molecule has 0 N–H and O–H groups in total. The van der Waals surface area contributed by atoms with Crippen molar-refractivity contribution in [1.82, 2.24) is 0 Å². The van der Waals surface area contributed by atoms with Crippen molar-refractivity contribution in [3.63, 3.8) is 0 Å². The molecular formula is C23H18N2O6. The number of carbonyl (C=O) groups is 3. The van der Waals surface area contributed by atoms with E-state index < -0.39 is 29.2 Å². The van der Waals surface area contributed by atoms with Crippen LogP contribution in [0, 0.1) is 16.0 Å². The fourth-order valence-corrected chi connectivity index (χ4v) is 3.57. The number of nitrogens with zero attached hydrogens (tertiary/aromatic N) is 2. The van der Waals surface area contributed by atoms with Gasteiger partial charge < -0.3 is 9.64 Å². The number of anilines is 1. The molecule has 1 saturated heterocycles. The van der Waals surface area contributed by atoms with Crippen LogP contribution in [0.15, 0.2) is 66.7 Å². The molecule has 1 aliphatic heterocycles. The number of ketones is 1. The lowest BCUT2D eigenvalue weighted by molar-refractivity contribution is -0.384. The molecule has 1 unspecified atom stereocenters. The van der Waals surface area contributed by atoms with Gasteiger partial charge in [-0.25, -0.2) is 0 Å². The van der Waals surface area contributed by atoms with Gasteiger partial charge in [-0.3, -0.25) is 24.5 Å². The van der Waals surface area contributed by atoms with E-state index in [0.717, 1.165) is 10.8 Å². The molecule has 0 aliphatic carbocycles. The lowest BCUT2D eigenvalue weighted by atomic mass is 10.1. The Kier molecular flexibility index (Phi) is 5.44. The Hall–Kier alpha value is -4.07. The lowest BCUT2D eigenvalue weighted by Gasteiger charge is -2.17. The largest absolute Gasteiger partial charge is 0.457 e. The van der Waals surface area contributed by atoms with E-state index in [0.29, 0.717) is 5.69 Å². The number of carbonyl (C=O) groups excluding carboxylic acids is 3. The molecule has 0 aromatic heterocycles. The molecule has 156 valence electrons. The first-order valence-corrected chi connectivity index (χ1v) is 9.66. The third-order valence-corrected chi connectivity index (χ3v) is 5.25. The van der Waals surface area contributed by atoms with Crippen LogP contribution in [-0.2, 0) is 14.3 Å². The average molecular weight is 418 g/mol. The summed E-state index contributed by atoms with van der Waals surface area (Å²) in [6, 6.07) is 18.5. The zero-order valence-corrected chi connectivity index (χ0v) is 16.4. The quantitative estimate of drug-likeness (QED) is 0.262. The summed E-state index contributed by atoms with van der Waals surface area (Å²) in [6.07, 6.45) is 0.0113. The predicted molar refractivity (Wildman–Crippen MR) is 113 cm³/mol. The molecule has 1 heterocycles. The van der Waals surface area contributed by atoms with Gasteiger partial charge in [0.25, 0.3) is 5.69 Å². The van der Waals surface area contributed by atoms with E-state index in [1.807, 2.05) is 42.5 Å². The van der Waals surface area contributed by atoms with Crippen molar-refractivity contribution >= 4 is 39.8 Å². The Morgan fingerprint density at radius 2 is 1.74 bits per heavy atom. The molecule has 0 saturated carbocycles. The number of non-ortho nitro benzene ring substituents is 1. The van der Waals surface area contributed by atoms with Crippen LogP contribution in [0.5, 0.6) is 0 Å². The number of nitro benzene ring substituents is 1. The zero-order chi connectivity index (χ0) is 22.0. The summed E-state index contributed by atoms with van der Waals surface area (Å²) in [5, 5.41) is 12.7. The number of ether oxygens (including phenoxy) is 1. The Bertz CT molecular complexity index is 1190. The van der Waals surface area contributed by atoms with Crippen molar-refractivity contribution in [2.24, 2.45) is 5.92 Å². The monoisotopic (exact) mass is 418 g/mol. The molecule has 31 heavy (non-hydrogen) atoms. The van der Waals surface area contributed by atoms with E-state index >= 15 is 0 Å². The normalized spacial score (nSPS) is 15.8. The van der Waals surface area contributed by atoms with Crippen LogP contribution in [0.3, 0.4) is 0 Å². The van der Waals surface area contributed by atoms with Crippen LogP contribution < -0.4 is 4.90 Å². The van der Waals surface area contributed by atoms with Gasteiger partial charge >= 0.3 is 5.97 Å². The topological polar surface area (TPSA) is 107 Å². The maximum Gasteiger partial charge on any atom is 0.311 e. The molecule has 1 fully saturated rings. The van der Waals surface area contributed by atoms with Crippen LogP contribution in [0.2, 0.25) is 0 Å². The summed E-state index contributed by atoms with van der Waals surface area (Å²) in [6.45, 7) is -0.307. The van der Waals surface area contributed by atoms with Gasteiger partial charge in [-0.1, -0.05) is 30.3 Å². The number of rotatable bonds is 6. The van der Waals surface area contributed by atoms with Crippen LogP contribution in [0.25, 0.3) is 10.8 Å². The molecular weight excluding hydrogens is 400 g/mol. The van der Waals surface area contributed by atoms with Gasteiger partial charge in [0, 0.05) is 36.3 Å². The SMILES string of the molecule is O=C(COC(=O)C1CC(=O)N(c2ccc3ccccc3c2)C1)c1ccc([N+](=O)[O-])cc1. The minimum absolute atomic E-state index is 0.0113. The zero-order valence-electron chi connectivity index (χ0n) is 16.4. The van der Waals surface area contributed by atoms with Crippen LogP contribution in [0.1, 0.15) is 16.8 Å². The number of hydrogen-bond acceptors (Lipinski definition) is 6. The van der Waals surface area contributed by atoms with Crippen molar-refractivity contribution in [1.29, 1.82) is 0 Å². The molecule has 1 aliphatic rings. The van der Waals surface area contributed by atoms with Crippen molar-refractivity contribution in [3.05, 3.63) is 82.4 Å². The Morgan fingerprint density at radius 3 is 2.45 bits per heavy atom. The van der Waals surface area contributed by atoms with E-state index in [9.17, 15) is 24.5 Å². The highest BCUT2D eigenvalue weighted by Crippen LogP contribution is 2.28. The highest BCUT2D eigenvalue weighted by molar-refractivity contribution is 6.02. The van der Waals surface area contributed by atoms with Crippen LogP contribution in [-0.4, -0.2) is 35.7 Å². The van der Waals surface area contributed by atoms with E-state index in [1.165, 1.54) is 24.3 Å². The summed E-state index contributed by atoms with van der Waals surface area (Å²) in [4.78, 5) is 48.8. The first kappa shape index (κ1) is 20.2. The van der Waals surface area contributed by atoms with Gasteiger partial charge in [0.1, 0.15) is 0 Å². The van der Waals surface area contributed by atoms with Crippen molar-refractivity contribution in [2.45, 2.75) is 6.42 Å². The van der Waals surface area contributed by atoms with Crippen molar-refractivity contribution in [3.8, 4) is 0 Å². The van der Waals surface area contributed by atoms with Gasteiger partial charge in [0.2, 0.25) is 5.91 Å². The third-order valence-electron chi connectivity index (χ3n) is 5.25. The van der Waals surface area contributed by atoms with Crippen LogP contribution in [0.4, 0.5) is 11.4 Å². The number of nitro groups is 1. The summed E-state index contributed by atoms with van der Waals surface area (Å²) < 4.78 is 5.12. The molecule has 0 radical (unpaired) electrons. The smallest absolute Gasteiger partial charge is 0.311 e. The molecule has 1 atom stereocenters. The lowest BCUT2D eigenvalue weighted by Crippen LogP contribution is -2.27. The van der Waals surface area contributed by atoms with Gasteiger partial charge in [-0.2, -0.15) is 0 Å². The predicted octanol–water partition coefficient (Wildman–Crippen LogP) is 3.53. The fraction of sp³-hybridized carbons (Fsp3) is 0.174. The molecule has 3 aromatic rings. The molecule has 3 aromatic carbocycles. The van der Waals surface area contributed by atoms with Crippen molar-refractivity contribution < 1.29 is 24.0 Å². The number of Topliss-reactive ketones (excluding diaryl/α,β-unsaturated/α-hetero) is 1. The number of benzene rings is 3. The van der Waals surface area contributed by atoms with Gasteiger partial charge in [-0.15, -0.1) is 0 Å². The van der Waals surface area contributed by atoms with Gasteiger partial charge in [0.15, 0.2) is 12.4 Å². The second-order valence-electron chi connectivity index (χ2n) is 7.27. The highest BCUT2D eigenvalue weighted by Gasteiger charge is 2.36. The van der Waals surface area contributed by atoms with E-state index in [2.05, 4.69) is 0 Å². The maximum absolute atomic E-state index is 12.5. The van der Waals surface area contributed by atoms with Gasteiger partial charge in [0.05, 0.1) is 10.8 Å². The van der Waals surface area contributed by atoms with Crippen molar-refractivity contribution in [2.75, 3.05) is 18.1 Å². The Labute approximate surface area is 177 Å². The minimum Gasteiger partial charge on any atom is -0.457 e. The average Bonchev–Trinajstić information content (AvgIpc) is 3.18. The minimum atomic E-state index is -0.663. The van der Waals surface area contributed by atoms with Gasteiger partial charge in [-0.05, 0) is 35.0 Å². The fourth-order valence-electron chi connectivity index (χ4n) is 3.57. The van der Waals surface area contributed by atoms with E-state index in [1.54, 1.807) is 4.90 Å². The molecule has 0 spiro atoms. The summed E-state index contributed by atoms with van der Waals surface area (Å²) >= 11 is 0. The molecule has 0 bridgehead atoms. The van der Waals surface area contributed by atoms with E-state index in [4.69, 9.17) is 4.74 Å². The number of hydrogen-bond donors (Lipinski definition) is 0. The second kappa shape index (κ2) is 8.35. The Morgan fingerprint density at radius 1 is 1.03 bits per heavy atom. The number of esters is 1. The maximum atomic E-state index is 12.5. The summed E-state index contributed by atoms with van der Waals surface area (Å²) in [5.41, 5.74) is 0.784. The number of amides is 1. The molecule has 8 nitrogen and oxygen atoms in total. The third kappa shape index (κ3) is 4.28. The van der Waals surface area contributed by atoms with Crippen LogP contribution >= 0.6 is 0 Å². The van der Waals surface area contributed by atoms with E-state index in [-0.39, 0.29) is 30.1 Å². The Balaban J connectivity index is 1.37. The molecule has 4 rings (SSSR count). The first-order chi connectivity index (χ1) is 14.9. The summed E-state index contributed by atoms with van der Waals surface area (Å²) in [7, 11) is 0. The summed E-state index contributed by atoms with van der Waals surface area (Å²) in [5.74, 6) is -1.94. The second-order valence-corrected chi connectivity index (χ2v) is 7.27. The highest BCUT2D eigenvalue weighted by atomic mass is 16.6. The molecule has 1 amide bonds.